The molecule has 0 aliphatic rings. The number of fused-ring (bicyclic) bond motifs is 1. The zero-order valence-corrected chi connectivity index (χ0v) is 12.0. The highest BCUT2D eigenvalue weighted by Gasteiger charge is 2.12. The van der Waals surface area contributed by atoms with Crippen molar-refractivity contribution in [2.24, 2.45) is 0 Å². The first-order valence-corrected chi connectivity index (χ1v) is 7.59. The maximum absolute atomic E-state index is 11.5. The Balaban J connectivity index is 2.04. The van der Waals surface area contributed by atoms with Gasteiger partial charge in [-0.05, 0) is 28.6 Å². The summed E-state index contributed by atoms with van der Waals surface area (Å²) in [5, 5.41) is 2.10. The van der Waals surface area contributed by atoms with Gasteiger partial charge < -0.3 is 4.74 Å². The molecule has 3 rings (SSSR count). The first kappa shape index (κ1) is 12.4. The minimum Gasteiger partial charge on any atom is -0.469 e. The number of hydrogen-bond acceptors (Lipinski definition) is 4. The molecule has 0 saturated carbocycles. The van der Waals surface area contributed by atoms with E-state index < -0.39 is 0 Å². The Labute approximate surface area is 119 Å². The largest absolute Gasteiger partial charge is 0.469 e. The molecule has 0 N–H and O–H groups in total. The number of esters is 1. The Morgan fingerprint density at radius 3 is 2.84 bits per heavy atom. The summed E-state index contributed by atoms with van der Waals surface area (Å²) in [5.41, 5.74) is 2.14. The van der Waals surface area contributed by atoms with Crippen LogP contribution in [0.4, 0.5) is 0 Å². The van der Waals surface area contributed by atoms with Crippen molar-refractivity contribution in [1.82, 2.24) is 0 Å². The smallest absolute Gasteiger partial charge is 0.310 e. The number of methoxy groups -OCH3 is 1. The van der Waals surface area contributed by atoms with E-state index in [2.05, 4.69) is 23.6 Å². The second-order valence-corrected chi connectivity index (χ2v) is 6.20. The second-order valence-electron chi connectivity index (χ2n) is 4.17. The molecule has 0 radical (unpaired) electrons. The van der Waals surface area contributed by atoms with Crippen molar-refractivity contribution in [3.8, 4) is 10.4 Å². The summed E-state index contributed by atoms with van der Waals surface area (Å²) in [7, 11) is 1.42. The van der Waals surface area contributed by atoms with E-state index in [4.69, 9.17) is 4.74 Å². The van der Waals surface area contributed by atoms with Crippen LogP contribution in [-0.2, 0) is 16.0 Å². The molecule has 96 valence electrons. The van der Waals surface area contributed by atoms with E-state index in [0.29, 0.717) is 6.42 Å². The predicted molar refractivity (Wildman–Crippen MR) is 80.9 cm³/mol. The van der Waals surface area contributed by atoms with Crippen LogP contribution in [0.2, 0.25) is 0 Å². The summed E-state index contributed by atoms with van der Waals surface area (Å²) in [6, 6.07) is 12.3. The Kier molecular flexibility index (Phi) is 3.36. The van der Waals surface area contributed by atoms with Gasteiger partial charge in [-0.15, -0.1) is 22.7 Å². The molecule has 0 amide bonds. The predicted octanol–water partition coefficient (Wildman–Crippen LogP) is 4.35. The summed E-state index contributed by atoms with van der Waals surface area (Å²) in [4.78, 5) is 12.7. The van der Waals surface area contributed by atoms with Crippen molar-refractivity contribution in [2.75, 3.05) is 7.11 Å². The number of hydrogen-bond donors (Lipinski definition) is 0. The van der Waals surface area contributed by atoms with E-state index in [9.17, 15) is 4.79 Å². The number of rotatable bonds is 3. The summed E-state index contributed by atoms with van der Waals surface area (Å²) in [6.45, 7) is 0. The second kappa shape index (κ2) is 5.15. The van der Waals surface area contributed by atoms with E-state index in [1.807, 2.05) is 18.2 Å². The highest BCUT2D eigenvalue weighted by atomic mass is 32.1. The third kappa shape index (κ3) is 2.41. The van der Waals surface area contributed by atoms with E-state index in [1.165, 1.54) is 21.4 Å². The molecule has 0 atom stereocenters. The van der Waals surface area contributed by atoms with Crippen molar-refractivity contribution < 1.29 is 9.53 Å². The van der Waals surface area contributed by atoms with Crippen LogP contribution < -0.4 is 0 Å². The van der Waals surface area contributed by atoms with Crippen LogP contribution in [0.3, 0.4) is 0 Å². The van der Waals surface area contributed by atoms with E-state index in [1.54, 1.807) is 22.7 Å². The van der Waals surface area contributed by atoms with Gasteiger partial charge in [-0.3, -0.25) is 4.79 Å². The van der Waals surface area contributed by atoms with Crippen LogP contribution in [0.25, 0.3) is 19.8 Å². The number of ether oxygens (including phenoxy) is 1. The van der Waals surface area contributed by atoms with E-state index >= 15 is 0 Å². The van der Waals surface area contributed by atoms with Crippen molar-refractivity contribution in [1.29, 1.82) is 0 Å². The lowest BCUT2D eigenvalue weighted by Crippen LogP contribution is -2.05. The van der Waals surface area contributed by atoms with Gasteiger partial charge in [0, 0.05) is 14.3 Å². The fraction of sp³-hybridized carbons (Fsp3) is 0.133. The fourth-order valence-corrected chi connectivity index (χ4v) is 4.21. The maximum Gasteiger partial charge on any atom is 0.310 e. The molecule has 0 fully saturated rings. The van der Waals surface area contributed by atoms with Crippen LogP contribution in [0.1, 0.15) is 5.56 Å². The minimum atomic E-state index is -0.203. The number of carbonyl (C=O) groups excluding carboxylic acids is 1. The fourth-order valence-electron chi connectivity index (χ4n) is 2.04. The van der Waals surface area contributed by atoms with Gasteiger partial charge in [0.25, 0.3) is 0 Å². The summed E-state index contributed by atoms with van der Waals surface area (Å²) in [6.07, 6.45) is 0.318. The van der Waals surface area contributed by atoms with Crippen LogP contribution in [0, 0.1) is 0 Å². The summed E-state index contributed by atoms with van der Waals surface area (Å²) < 4.78 is 7.35. The topological polar surface area (TPSA) is 26.3 Å². The van der Waals surface area contributed by atoms with Gasteiger partial charge in [0.15, 0.2) is 0 Å². The molecular weight excluding hydrogens is 276 g/mol. The number of carbonyl (C=O) groups is 1. The van der Waals surface area contributed by atoms with Gasteiger partial charge in [-0.2, -0.15) is 0 Å². The zero-order chi connectivity index (χ0) is 13.2. The van der Waals surface area contributed by atoms with Crippen LogP contribution in [-0.4, -0.2) is 13.1 Å². The third-order valence-electron chi connectivity index (χ3n) is 2.98. The molecule has 2 aromatic heterocycles. The molecule has 2 nitrogen and oxygen atoms in total. The maximum atomic E-state index is 11.5. The molecule has 4 heteroatoms. The Morgan fingerprint density at radius 2 is 2.05 bits per heavy atom. The monoisotopic (exact) mass is 288 g/mol. The van der Waals surface area contributed by atoms with Gasteiger partial charge in [0.05, 0.1) is 13.5 Å². The number of benzene rings is 1. The molecule has 19 heavy (non-hydrogen) atoms. The lowest BCUT2D eigenvalue weighted by molar-refractivity contribution is -0.139. The molecular formula is C15H12O2S2. The Bertz CT molecular complexity index is 696. The molecule has 3 aromatic rings. The van der Waals surface area contributed by atoms with Gasteiger partial charge in [-0.25, -0.2) is 0 Å². The van der Waals surface area contributed by atoms with Gasteiger partial charge in [0.2, 0.25) is 0 Å². The van der Waals surface area contributed by atoms with Gasteiger partial charge >= 0.3 is 5.97 Å². The first-order chi connectivity index (χ1) is 9.28. The normalized spacial score (nSPS) is 10.8. The summed E-state index contributed by atoms with van der Waals surface area (Å²) >= 11 is 3.51. The standard InChI is InChI=1S/C15H12O2S2/c1-17-15(16)8-10-4-2-3-5-11(10)13-9-14-12(19-13)6-7-18-14/h2-7,9H,8H2,1H3. The highest BCUT2D eigenvalue weighted by Crippen LogP contribution is 2.37. The SMILES string of the molecule is COC(=O)Cc1ccccc1-c1cc2sccc2s1. The first-order valence-electron chi connectivity index (χ1n) is 5.90. The van der Waals surface area contributed by atoms with Crippen LogP contribution >= 0.6 is 22.7 Å². The van der Waals surface area contributed by atoms with E-state index in [-0.39, 0.29) is 5.97 Å². The minimum absolute atomic E-state index is 0.203. The van der Waals surface area contributed by atoms with E-state index in [0.717, 1.165) is 11.1 Å². The third-order valence-corrected chi connectivity index (χ3v) is 5.11. The molecule has 0 saturated heterocycles. The Morgan fingerprint density at radius 1 is 1.21 bits per heavy atom. The van der Waals surface area contributed by atoms with Crippen LogP contribution in [0.5, 0.6) is 0 Å². The van der Waals surface area contributed by atoms with Gasteiger partial charge in [0.1, 0.15) is 0 Å². The Hall–Kier alpha value is -1.65. The highest BCUT2D eigenvalue weighted by molar-refractivity contribution is 7.28. The molecule has 0 aliphatic heterocycles. The lowest BCUT2D eigenvalue weighted by atomic mass is 10.0. The molecule has 0 unspecified atom stereocenters. The number of thiophene rings is 2. The van der Waals surface area contributed by atoms with Crippen molar-refractivity contribution in [3.05, 3.63) is 47.3 Å². The van der Waals surface area contributed by atoms with Crippen LogP contribution in [0.15, 0.2) is 41.8 Å². The molecule has 2 heterocycles. The average molecular weight is 288 g/mol. The quantitative estimate of drug-likeness (QED) is 0.670. The van der Waals surface area contributed by atoms with Crippen molar-refractivity contribution >= 4 is 38.0 Å². The van der Waals surface area contributed by atoms with Crippen molar-refractivity contribution in [3.63, 3.8) is 0 Å². The van der Waals surface area contributed by atoms with Crippen molar-refractivity contribution in [2.45, 2.75) is 6.42 Å². The lowest BCUT2D eigenvalue weighted by Gasteiger charge is -2.06. The zero-order valence-electron chi connectivity index (χ0n) is 10.4. The molecule has 1 aromatic carbocycles. The average Bonchev–Trinajstić information content (AvgIpc) is 3.00. The molecule has 0 aliphatic carbocycles. The summed E-state index contributed by atoms with van der Waals surface area (Å²) in [5.74, 6) is -0.203. The van der Waals surface area contributed by atoms with Gasteiger partial charge in [-0.1, -0.05) is 24.3 Å². The molecule has 0 bridgehead atoms. The molecule has 0 spiro atoms.